The summed E-state index contributed by atoms with van der Waals surface area (Å²) < 4.78 is 0. The van der Waals surface area contributed by atoms with Crippen LogP contribution < -0.4 is 5.73 Å². The number of carbonyl (C=O) groups excluding carboxylic acids is 1. The second kappa shape index (κ2) is 6.30. The lowest BCUT2D eigenvalue weighted by Crippen LogP contribution is -2.37. The molecule has 0 aromatic heterocycles. The lowest BCUT2D eigenvalue weighted by molar-refractivity contribution is -0.383. The lowest BCUT2D eigenvalue weighted by Gasteiger charge is -2.31. The van der Waals surface area contributed by atoms with Crippen LogP contribution in [0.3, 0.4) is 0 Å². The number of hydrogen-bond donors (Lipinski definition) is 1. The van der Waals surface area contributed by atoms with Gasteiger partial charge in [-0.1, -0.05) is 18.0 Å². The van der Waals surface area contributed by atoms with Crippen molar-refractivity contribution in [2.75, 3.05) is 18.8 Å². The van der Waals surface area contributed by atoms with E-state index in [-0.39, 0.29) is 27.9 Å². The summed E-state index contributed by atoms with van der Waals surface area (Å²) in [6.45, 7) is 3.14. The summed E-state index contributed by atoms with van der Waals surface area (Å²) >= 11 is 5.90. The number of halogens is 1. The highest BCUT2D eigenvalue weighted by molar-refractivity contribution is 6.34. The van der Waals surface area contributed by atoms with Gasteiger partial charge in [-0.2, -0.15) is 0 Å². The Labute approximate surface area is 128 Å². The zero-order valence-electron chi connectivity index (χ0n) is 11.8. The van der Waals surface area contributed by atoms with Gasteiger partial charge < -0.3 is 10.6 Å². The fourth-order valence-electron chi connectivity index (χ4n) is 2.40. The Kier molecular flexibility index (Phi) is 4.67. The van der Waals surface area contributed by atoms with E-state index in [1.165, 1.54) is 18.6 Å². The molecule has 0 bridgehead atoms. The summed E-state index contributed by atoms with van der Waals surface area (Å²) in [4.78, 5) is 24.5. The van der Waals surface area contributed by atoms with E-state index in [0.717, 1.165) is 12.8 Å². The predicted molar refractivity (Wildman–Crippen MR) is 81.4 cm³/mol. The van der Waals surface area contributed by atoms with Crippen molar-refractivity contribution in [3.63, 3.8) is 0 Å². The molecule has 0 atom stereocenters. The molecule has 0 unspecified atom stereocenters. The summed E-state index contributed by atoms with van der Waals surface area (Å²) in [7, 11) is 0. The predicted octanol–water partition coefficient (Wildman–Crippen LogP) is 3.09. The first-order valence-corrected chi connectivity index (χ1v) is 7.34. The van der Waals surface area contributed by atoms with Crippen LogP contribution in [0.1, 0.15) is 36.5 Å². The van der Waals surface area contributed by atoms with E-state index in [9.17, 15) is 14.9 Å². The van der Waals surface area contributed by atoms with Crippen molar-refractivity contribution in [2.45, 2.75) is 26.2 Å². The van der Waals surface area contributed by atoms with Crippen LogP contribution in [-0.4, -0.2) is 28.8 Å². The van der Waals surface area contributed by atoms with Gasteiger partial charge in [-0.05, 0) is 31.7 Å². The number of nitrogens with zero attached hydrogens (tertiary/aromatic N) is 2. The Morgan fingerprint density at radius 1 is 1.52 bits per heavy atom. The molecule has 114 valence electrons. The lowest BCUT2D eigenvalue weighted by atomic mass is 9.85. The summed E-state index contributed by atoms with van der Waals surface area (Å²) in [6, 6.07) is 2.60. The Hall–Kier alpha value is -1.82. The third-order valence-electron chi connectivity index (χ3n) is 3.92. The van der Waals surface area contributed by atoms with Crippen LogP contribution >= 0.6 is 11.6 Å². The maximum Gasteiger partial charge on any atom is 0.294 e. The van der Waals surface area contributed by atoms with E-state index in [1.54, 1.807) is 4.90 Å². The number of nitrogens with two attached hydrogens (primary N) is 1. The van der Waals surface area contributed by atoms with Crippen molar-refractivity contribution < 1.29 is 9.72 Å². The number of carbonyl (C=O) groups is 1. The molecule has 7 heteroatoms. The zero-order chi connectivity index (χ0) is 15.6. The Balaban J connectivity index is 2.26. The van der Waals surface area contributed by atoms with Gasteiger partial charge in [-0.15, -0.1) is 0 Å². The number of nitro groups is 1. The normalized spacial score (nSPS) is 14.6. The fourth-order valence-corrected chi connectivity index (χ4v) is 2.62. The van der Waals surface area contributed by atoms with Crippen LogP contribution in [0.5, 0.6) is 0 Å². The standard InChI is InChI=1S/C14H18ClN3O3/c1-2-17(8-9-4-3-5-9)14(19)10-6-11(15)13(16)12(7-10)18(20)21/h6-7,9H,2-5,8,16H2,1H3. The van der Waals surface area contributed by atoms with Gasteiger partial charge in [-0.3, -0.25) is 14.9 Å². The molecule has 0 heterocycles. The molecule has 21 heavy (non-hydrogen) atoms. The molecule has 1 aliphatic rings. The van der Waals surface area contributed by atoms with E-state index in [2.05, 4.69) is 0 Å². The van der Waals surface area contributed by atoms with Crippen molar-refractivity contribution >= 4 is 28.9 Å². The molecular formula is C14H18ClN3O3. The molecule has 6 nitrogen and oxygen atoms in total. The second-order valence-corrected chi connectivity index (χ2v) is 5.70. The first-order valence-electron chi connectivity index (χ1n) is 6.96. The smallest absolute Gasteiger partial charge is 0.294 e. The van der Waals surface area contributed by atoms with Gasteiger partial charge in [0.25, 0.3) is 11.6 Å². The van der Waals surface area contributed by atoms with E-state index in [0.29, 0.717) is 19.0 Å². The molecule has 1 aromatic carbocycles. The molecule has 0 spiro atoms. The number of nitro benzene ring substituents is 1. The molecule has 2 N–H and O–H groups in total. The van der Waals surface area contributed by atoms with Crippen LogP contribution in [0, 0.1) is 16.0 Å². The third kappa shape index (κ3) is 3.26. The second-order valence-electron chi connectivity index (χ2n) is 5.29. The molecular weight excluding hydrogens is 294 g/mol. The highest BCUT2D eigenvalue weighted by Gasteiger charge is 2.26. The van der Waals surface area contributed by atoms with Gasteiger partial charge in [0, 0.05) is 24.7 Å². The van der Waals surface area contributed by atoms with E-state index in [1.807, 2.05) is 6.92 Å². The van der Waals surface area contributed by atoms with Crippen LogP contribution in [0.2, 0.25) is 5.02 Å². The topological polar surface area (TPSA) is 89.5 Å². The average molecular weight is 312 g/mol. The molecule has 0 aliphatic heterocycles. The van der Waals surface area contributed by atoms with Crippen LogP contribution in [-0.2, 0) is 0 Å². The number of anilines is 1. The summed E-state index contributed by atoms with van der Waals surface area (Å²) in [5.74, 6) is 0.294. The first-order chi connectivity index (χ1) is 9.93. The van der Waals surface area contributed by atoms with Crippen LogP contribution in [0.25, 0.3) is 0 Å². The largest absolute Gasteiger partial charge is 0.392 e. The van der Waals surface area contributed by atoms with E-state index < -0.39 is 4.92 Å². The molecule has 0 radical (unpaired) electrons. The molecule has 1 fully saturated rings. The average Bonchev–Trinajstić information content (AvgIpc) is 2.39. The van der Waals surface area contributed by atoms with Crippen molar-refractivity contribution in [2.24, 2.45) is 5.92 Å². The summed E-state index contributed by atoms with van der Waals surface area (Å²) in [5.41, 5.74) is 5.35. The molecule has 0 saturated heterocycles. The van der Waals surface area contributed by atoms with Gasteiger partial charge >= 0.3 is 0 Å². The molecule has 1 amide bonds. The number of amides is 1. The van der Waals surface area contributed by atoms with E-state index >= 15 is 0 Å². The Morgan fingerprint density at radius 3 is 2.67 bits per heavy atom. The van der Waals surface area contributed by atoms with Crippen LogP contribution in [0.4, 0.5) is 11.4 Å². The van der Waals surface area contributed by atoms with Crippen molar-refractivity contribution in [3.05, 3.63) is 32.8 Å². The monoisotopic (exact) mass is 311 g/mol. The van der Waals surface area contributed by atoms with Gasteiger partial charge in [0.05, 0.1) is 9.95 Å². The number of benzene rings is 1. The number of hydrogen-bond acceptors (Lipinski definition) is 4. The van der Waals surface area contributed by atoms with Crippen molar-refractivity contribution in [3.8, 4) is 0 Å². The summed E-state index contributed by atoms with van der Waals surface area (Å²) in [5, 5.41) is 11.0. The quantitative estimate of drug-likeness (QED) is 0.514. The van der Waals surface area contributed by atoms with E-state index in [4.69, 9.17) is 17.3 Å². The van der Waals surface area contributed by atoms with Gasteiger partial charge in [-0.25, -0.2) is 0 Å². The van der Waals surface area contributed by atoms with Gasteiger partial charge in [0.2, 0.25) is 0 Å². The maximum atomic E-state index is 12.5. The van der Waals surface area contributed by atoms with Crippen molar-refractivity contribution in [1.82, 2.24) is 4.90 Å². The molecule has 1 aromatic rings. The fraction of sp³-hybridized carbons (Fsp3) is 0.500. The zero-order valence-corrected chi connectivity index (χ0v) is 12.6. The minimum Gasteiger partial charge on any atom is -0.392 e. The third-order valence-corrected chi connectivity index (χ3v) is 4.24. The van der Waals surface area contributed by atoms with Crippen molar-refractivity contribution in [1.29, 1.82) is 0 Å². The Bertz CT molecular complexity index is 573. The van der Waals surface area contributed by atoms with Gasteiger partial charge in [0.1, 0.15) is 5.69 Å². The molecule has 2 rings (SSSR count). The van der Waals surface area contributed by atoms with Gasteiger partial charge in [0.15, 0.2) is 0 Å². The highest BCUT2D eigenvalue weighted by Crippen LogP contribution is 2.32. The molecule has 1 aliphatic carbocycles. The number of rotatable bonds is 5. The maximum absolute atomic E-state index is 12.5. The minimum atomic E-state index is -0.625. The highest BCUT2D eigenvalue weighted by atomic mass is 35.5. The molecule has 1 saturated carbocycles. The minimum absolute atomic E-state index is 0.0345. The van der Waals surface area contributed by atoms with Crippen LogP contribution in [0.15, 0.2) is 12.1 Å². The number of nitrogen functional groups attached to an aromatic ring is 1. The SMILES string of the molecule is CCN(CC1CCC1)C(=O)c1cc(Cl)c(N)c([N+](=O)[O-])c1. The Morgan fingerprint density at radius 2 is 2.19 bits per heavy atom. The first kappa shape index (κ1) is 15.6. The summed E-state index contributed by atoms with van der Waals surface area (Å²) in [6.07, 6.45) is 3.47.